The highest BCUT2D eigenvalue weighted by molar-refractivity contribution is 5.86. The molecule has 0 unspecified atom stereocenters. The first-order valence-electron chi connectivity index (χ1n) is 13.7. The number of hydrogen-bond donors (Lipinski definition) is 0. The molecule has 2 heterocycles. The number of carbonyl (C=O) groups is 2. The van der Waals surface area contributed by atoms with Crippen LogP contribution in [0, 0.1) is 11.8 Å². The Morgan fingerprint density at radius 3 is 2.03 bits per heavy atom. The summed E-state index contributed by atoms with van der Waals surface area (Å²) in [6, 6.07) is 22.7. The van der Waals surface area contributed by atoms with Crippen molar-refractivity contribution in [3.63, 3.8) is 0 Å². The van der Waals surface area contributed by atoms with Crippen molar-refractivity contribution < 1.29 is 9.59 Å². The van der Waals surface area contributed by atoms with Crippen molar-refractivity contribution >= 4 is 17.6 Å². The quantitative estimate of drug-likeness (QED) is 0.403. The summed E-state index contributed by atoms with van der Waals surface area (Å²) in [6.45, 7) is 11.4. The number of benzene rings is 2. The number of amides is 2. The first-order valence-corrected chi connectivity index (χ1v) is 13.7. The van der Waals surface area contributed by atoms with Crippen LogP contribution in [-0.2, 0) is 9.59 Å². The minimum absolute atomic E-state index is 0.0161. The summed E-state index contributed by atoms with van der Waals surface area (Å²) >= 11 is 0. The molecule has 1 aromatic heterocycles. The van der Waals surface area contributed by atoms with E-state index in [0.717, 1.165) is 23.5 Å². The fourth-order valence-electron chi connectivity index (χ4n) is 4.66. The fraction of sp³-hybridized carbons (Fsp3) is 0.419. The second-order valence-corrected chi connectivity index (χ2v) is 10.5. The van der Waals surface area contributed by atoms with Crippen LogP contribution in [0.1, 0.15) is 34.1 Å². The average molecular weight is 514 g/mol. The molecule has 200 valence electrons. The van der Waals surface area contributed by atoms with Gasteiger partial charge < -0.3 is 14.7 Å². The van der Waals surface area contributed by atoms with E-state index in [4.69, 9.17) is 0 Å². The lowest BCUT2D eigenvalue weighted by molar-refractivity contribution is -0.143. The molecule has 4 rings (SSSR count). The second kappa shape index (κ2) is 12.7. The SMILES string of the molecule is CC[C@@H](C)CN(CC(=O)N1CCN(c2ccc(-c3ccc(-c4ccccc4)cc3)nn2)CC1)C(=O)C(C)C. The largest absolute Gasteiger partial charge is 0.352 e. The van der Waals surface area contributed by atoms with Gasteiger partial charge in [-0.1, -0.05) is 88.7 Å². The summed E-state index contributed by atoms with van der Waals surface area (Å²) in [4.78, 5) is 31.5. The Hall–Kier alpha value is -3.74. The maximum atomic E-state index is 13.1. The van der Waals surface area contributed by atoms with Gasteiger partial charge in [0.2, 0.25) is 11.8 Å². The van der Waals surface area contributed by atoms with Crippen LogP contribution in [0.5, 0.6) is 0 Å². The van der Waals surface area contributed by atoms with E-state index in [-0.39, 0.29) is 24.3 Å². The highest BCUT2D eigenvalue weighted by atomic mass is 16.2. The normalized spacial score (nSPS) is 14.4. The van der Waals surface area contributed by atoms with Gasteiger partial charge >= 0.3 is 0 Å². The van der Waals surface area contributed by atoms with Crippen molar-refractivity contribution in [3.05, 3.63) is 66.7 Å². The van der Waals surface area contributed by atoms with E-state index < -0.39 is 0 Å². The summed E-state index contributed by atoms with van der Waals surface area (Å²) in [6.07, 6.45) is 0.980. The van der Waals surface area contributed by atoms with Gasteiger partial charge in [0.15, 0.2) is 5.82 Å². The molecule has 0 spiro atoms. The minimum Gasteiger partial charge on any atom is -0.352 e. The van der Waals surface area contributed by atoms with Crippen LogP contribution < -0.4 is 4.90 Å². The Bertz CT molecular complexity index is 1190. The molecule has 7 heteroatoms. The van der Waals surface area contributed by atoms with E-state index in [1.807, 2.05) is 49.1 Å². The zero-order valence-corrected chi connectivity index (χ0v) is 23.0. The third-order valence-corrected chi connectivity index (χ3v) is 7.26. The van der Waals surface area contributed by atoms with Crippen molar-refractivity contribution in [2.75, 3.05) is 44.2 Å². The van der Waals surface area contributed by atoms with Crippen molar-refractivity contribution in [3.8, 4) is 22.4 Å². The number of hydrogen-bond acceptors (Lipinski definition) is 5. The Balaban J connectivity index is 1.32. The van der Waals surface area contributed by atoms with Gasteiger partial charge in [-0.3, -0.25) is 9.59 Å². The topological polar surface area (TPSA) is 69.6 Å². The summed E-state index contributed by atoms with van der Waals surface area (Å²) in [5.41, 5.74) is 4.21. The molecule has 1 fully saturated rings. The predicted octanol–water partition coefficient (Wildman–Crippen LogP) is 4.99. The number of rotatable bonds is 9. The molecule has 7 nitrogen and oxygen atoms in total. The molecule has 0 radical (unpaired) electrons. The van der Waals surface area contributed by atoms with Crippen molar-refractivity contribution in [2.24, 2.45) is 11.8 Å². The van der Waals surface area contributed by atoms with Crippen LogP contribution in [0.4, 0.5) is 5.82 Å². The van der Waals surface area contributed by atoms with E-state index in [9.17, 15) is 9.59 Å². The van der Waals surface area contributed by atoms with Gasteiger partial charge in [0.1, 0.15) is 0 Å². The van der Waals surface area contributed by atoms with E-state index in [0.29, 0.717) is 38.6 Å². The van der Waals surface area contributed by atoms with E-state index in [1.54, 1.807) is 4.90 Å². The van der Waals surface area contributed by atoms with Crippen LogP contribution in [0.2, 0.25) is 0 Å². The van der Waals surface area contributed by atoms with Gasteiger partial charge in [0.05, 0.1) is 12.2 Å². The molecule has 1 saturated heterocycles. The number of aromatic nitrogens is 2. The van der Waals surface area contributed by atoms with E-state index >= 15 is 0 Å². The van der Waals surface area contributed by atoms with Crippen molar-refractivity contribution in [1.82, 2.24) is 20.0 Å². The smallest absolute Gasteiger partial charge is 0.242 e. The molecule has 38 heavy (non-hydrogen) atoms. The maximum absolute atomic E-state index is 13.1. The Morgan fingerprint density at radius 2 is 1.45 bits per heavy atom. The predicted molar refractivity (Wildman–Crippen MR) is 153 cm³/mol. The van der Waals surface area contributed by atoms with Gasteiger partial charge in [-0.05, 0) is 29.2 Å². The molecule has 1 aliphatic heterocycles. The number of anilines is 1. The van der Waals surface area contributed by atoms with Gasteiger partial charge in [-0.2, -0.15) is 0 Å². The molecule has 0 aliphatic carbocycles. The number of carbonyl (C=O) groups excluding carboxylic acids is 2. The third-order valence-electron chi connectivity index (χ3n) is 7.26. The molecular weight excluding hydrogens is 474 g/mol. The molecule has 1 atom stereocenters. The van der Waals surface area contributed by atoms with E-state index in [1.165, 1.54) is 11.1 Å². The van der Waals surface area contributed by atoms with Crippen molar-refractivity contribution in [1.29, 1.82) is 0 Å². The Labute approximate surface area is 226 Å². The molecule has 0 N–H and O–H groups in total. The summed E-state index contributed by atoms with van der Waals surface area (Å²) < 4.78 is 0. The lowest BCUT2D eigenvalue weighted by Crippen LogP contribution is -2.52. The molecule has 2 amide bonds. The highest BCUT2D eigenvalue weighted by Crippen LogP contribution is 2.24. The van der Waals surface area contributed by atoms with Crippen LogP contribution in [0.25, 0.3) is 22.4 Å². The highest BCUT2D eigenvalue weighted by Gasteiger charge is 2.27. The maximum Gasteiger partial charge on any atom is 0.242 e. The monoisotopic (exact) mass is 513 g/mol. The van der Waals surface area contributed by atoms with Crippen LogP contribution in [0.15, 0.2) is 66.7 Å². The molecular formula is C31H39N5O2. The summed E-state index contributed by atoms with van der Waals surface area (Å²) in [5, 5.41) is 8.96. The Kier molecular flexibility index (Phi) is 9.10. The van der Waals surface area contributed by atoms with Gasteiger partial charge in [0, 0.05) is 44.2 Å². The van der Waals surface area contributed by atoms with Crippen molar-refractivity contribution in [2.45, 2.75) is 34.1 Å². The van der Waals surface area contributed by atoms with Gasteiger partial charge in [-0.15, -0.1) is 10.2 Å². The molecule has 0 bridgehead atoms. The van der Waals surface area contributed by atoms with Crippen LogP contribution in [0.3, 0.4) is 0 Å². The minimum atomic E-state index is -0.118. The van der Waals surface area contributed by atoms with Crippen LogP contribution in [-0.4, -0.2) is 71.1 Å². The van der Waals surface area contributed by atoms with E-state index in [2.05, 4.69) is 65.3 Å². The summed E-state index contributed by atoms with van der Waals surface area (Å²) in [5.74, 6) is 1.12. The molecule has 2 aromatic carbocycles. The zero-order chi connectivity index (χ0) is 27.1. The second-order valence-electron chi connectivity index (χ2n) is 10.5. The number of nitrogens with zero attached hydrogens (tertiary/aromatic N) is 5. The van der Waals surface area contributed by atoms with Crippen LogP contribution >= 0.6 is 0 Å². The van der Waals surface area contributed by atoms with Gasteiger partial charge in [-0.25, -0.2) is 0 Å². The average Bonchev–Trinajstić information content (AvgIpc) is 2.97. The first kappa shape index (κ1) is 27.3. The molecule has 1 aliphatic rings. The molecule has 3 aromatic rings. The standard InChI is InChI=1S/C31H39N5O2/c1-5-24(4)21-36(31(38)23(2)3)22-30(37)35-19-17-34(18-20-35)29-16-15-28(32-33-29)27-13-11-26(12-14-27)25-9-7-6-8-10-25/h6-16,23-24H,5,17-22H2,1-4H3/t24-/m1/s1. The third kappa shape index (κ3) is 6.77. The molecule has 0 saturated carbocycles. The van der Waals surface area contributed by atoms with Gasteiger partial charge in [0.25, 0.3) is 0 Å². The zero-order valence-electron chi connectivity index (χ0n) is 23.0. The first-order chi connectivity index (χ1) is 18.4. The lowest BCUT2D eigenvalue weighted by atomic mass is 10.0. The lowest BCUT2D eigenvalue weighted by Gasteiger charge is -2.36. The Morgan fingerprint density at radius 1 is 0.816 bits per heavy atom. The fourth-order valence-corrected chi connectivity index (χ4v) is 4.66. The summed E-state index contributed by atoms with van der Waals surface area (Å²) in [7, 11) is 0. The number of piperazine rings is 1.